The van der Waals surface area contributed by atoms with Crippen LogP contribution in [0.2, 0.25) is 0 Å². The first kappa shape index (κ1) is 14.3. The van der Waals surface area contributed by atoms with Gasteiger partial charge in [0.25, 0.3) is 0 Å². The van der Waals surface area contributed by atoms with Crippen LogP contribution in [0, 0.1) is 11.7 Å². The predicted molar refractivity (Wildman–Crippen MR) is 73.9 cm³/mol. The molecule has 1 heterocycles. The lowest BCUT2D eigenvalue weighted by molar-refractivity contribution is -0.128. The first-order valence-electron chi connectivity index (χ1n) is 6.17. The molecule has 0 aliphatic carbocycles. The highest BCUT2D eigenvalue weighted by molar-refractivity contribution is 9.10. The third kappa shape index (κ3) is 3.45. The number of amides is 1. The van der Waals surface area contributed by atoms with E-state index < -0.39 is 5.82 Å². The zero-order valence-electron chi connectivity index (χ0n) is 10.4. The van der Waals surface area contributed by atoms with Crippen molar-refractivity contribution in [3.05, 3.63) is 28.0 Å². The van der Waals surface area contributed by atoms with E-state index in [0.29, 0.717) is 41.8 Å². The molecule has 0 atom stereocenters. The molecule has 19 heavy (non-hydrogen) atoms. The molecule has 2 rings (SSSR count). The lowest BCUT2D eigenvalue weighted by Crippen LogP contribution is -2.34. The summed E-state index contributed by atoms with van der Waals surface area (Å²) in [4.78, 5) is 11.9. The van der Waals surface area contributed by atoms with Gasteiger partial charge in [0.2, 0.25) is 5.91 Å². The number of nitrogens with one attached hydrogen (secondary N) is 1. The standard InChI is InChI=1S/C13H16BrFN2O2/c14-10-1-2-11(16)9(12(10)15)7-17-13(18)8-3-5-19-6-4-8/h1-2,8H,3-7,16H2,(H,17,18). The summed E-state index contributed by atoms with van der Waals surface area (Å²) in [5.74, 6) is -0.542. The minimum atomic E-state index is -0.424. The maximum Gasteiger partial charge on any atom is 0.223 e. The zero-order valence-corrected chi connectivity index (χ0v) is 12.0. The van der Waals surface area contributed by atoms with Gasteiger partial charge in [0.15, 0.2) is 0 Å². The molecule has 4 nitrogen and oxygen atoms in total. The van der Waals surface area contributed by atoms with Crippen molar-refractivity contribution in [2.75, 3.05) is 18.9 Å². The molecule has 1 aliphatic heterocycles. The van der Waals surface area contributed by atoms with E-state index in [1.165, 1.54) is 0 Å². The average molecular weight is 331 g/mol. The Bertz CT molecular complexity index is 476. The highest BCUT2D eigenvalue weighted by atomic mass is 79.9. The summed E-state index contributed by atoms with van der Waals surface area (Å²) in [5, 5.41) is 2.74. The Balaban J connectivity index is 1.98. The molecule has 1 amide bonds. The van der Waals surface area contributed by atoms with E-state index in [0.717, 1.165) is 0 Å². The van der Waals surface area contributed by atoms with E-state index >= 15 is 0 Å². The van der Waals surface area contributed by atoms with E-state index in [4.69, 9.17) is 10.5 Å². The van der Waals surface area contributed by atoms with Crippen LogP contribution < -0.4 is 11.1 Å². The number of nitrogen functional groups attached to an aromatic ring is 1. The fraction of sp³-hybridized carbons (Fsp3) is 0.462. The van der Waals surface area contributed by atoms with Gasteiger partial charge in [-0.05, 0) is 40.9 Å². The number of carbonyl (C=O) groups excluding carboxylic acids is 1. The van der Waals surface area contributed by atoms with Crippen LogP contribution in [0.1, 0.15) is 18.4 Å². The fourth-order valence-corrected chi connectivity index (χ4v) is 2.44. The average Bonchev–Trinajstić information content (AvgIpc) is 2.44. The highest BCUT2D eigenvalue weighted by Gasteiger charge is 2.22. The molecule has 104 valence electrons. The Labute approximate surface area is 119 Å². The van der Waals surface area contributed by atoms with E-state index in [9.17, 15) is 9.18 Å². The second kappa shape index (κ2) is 6.34. The van der Waals surface area contributed by atoms with Crippen molar-refractivity contribution in [2.45, 2.75) is 19.4 Å². The quantitative estimate of drug-likeness (QED) is 0.835. The van der Waals surface area contributed by atoms with Crippen molar-refractivity contribution in [1.82, 2.24) is 5.32 Å². The van der Waals surface area contributed by atoms with Crippen molar-refractivity contribution in [3.8, 4) is 0 Å². The third-order valence-corrected chi connectivity index (χ3v) is 3.88. The molecule has 6 heteroatoms. The van der Waals surface area contributed by atoms with E-state index in [2.05, 4.69) is 21.2 Å². The number of hydrogen-bond donors (Lipinski definition) is 2. The van der Waals surface area contributed by atoms with Gasteiger partial charge >= 0.3 is 0 Å². The van der Waals surface area contributed by atoms with Crippen LogP contribution in [0.25, 0.3) is 0 Å². The molecule has 0 unspecified atom stereocenters. The summed E-state index contributed by atoms with van der Waals surface area (Å²) in [6.07, 6.45) is 1.42. The minimum absolute atomic E-state index is 0.0508. The van der Waals surface area contributed by atoms with Crippen LogP contribution in [0.15, 0.2) is 16.6 Å². The molecular weight excluding hydrogens is 315 g/mol. The number of carbonyl (C=O) groups is 1. The van der Waals surface area contributed by atoms with Crippen LogP contribution in [-0.4, -0.2) is 19.1 Å². The first-order valence-corrected chi connectivity index (χ1v) is 6.96. The van der Waals surface area contributed by atoms with Gasteiger partial charge < -0.3 is 15.8 Å². The normalized spacial score (nSPS) is 16.3. The molecule has 1 saturated heterocycles. The monoisotopic (exact) mass is 330 g/mol. The van der Waals surface area contributed by atoms with Gasteiger partial charge in [0.05, 0.1) is 4.47 Å². The van der Waals surface area contributed by atoms with Crippen LogP contribution in [0.3, 0.4) is 0 Å². The number of halogens is 2. The predicted octanol–water partition coefficient (Wildman–Crippen LogP) is 2.21. The second-order valence-electron chi connectivity index (χ2n) is 4.53. The topological polar surface area (TPSA) is 64.3 Å². The van der Waals surface area contributed by atoms with Gasteiger partial charge in [-0.15, -0.1) is 0 Å². The molecule has 3 N–H and O–H groups in total. The minimum Gasteiger partial charge on any atom is -0.398 e. The number of hydrogen-bond acceptors (Lipinski definition) is 3. The summed E-state index contributed by atoms with van der Waals surface area (Å²) in [7, 11) is 0. The maximum absolute atomic E-state index is 13.9. The van der Waals surface area contributed by atoms with Gasteiger partial charge in [-0.3, -0.25) is 4.79 Å². The Morgan fingerprint density at radius 2 is 2.16 bits per heavy atom. The second-order valence-corrected chi connectivity index (χ2v) is 5.39. The molecule has 0 aromatic heterocycles. The largest absolute Gasteiger partial charge is 0.398 e. The Morgan fingerprint density at radius 3 is 2.84 bits per heavy atom. The maximum atomic E-state index is 13.9. The lowest BCUT2D eigenvalue weighted by Gasteiger charge is -2.21. The lowest BCUT2D eigenvalue weighted by atomic mass is 9.99. The van der Waals surface area contributed by atoms with Crippen LogP contribution in [0.4, 0.5) is 10.1 Å². The number of rotatable bonds is 3. The van der Waals surface area contributed by atoms with Crippen molar-refractivity contribution in [3.63, 3.8) is 0 Å². The molecule has 1 aromatic carbocycles. The zero-order chi connectivity index (χ0) is 13.8. The van der Waals surface area contributed by atoms with Crippen LogP contribution >= 0.6 is 15.9 Å². The van der Waals surface area contributed by atoms with E-state index in [1.54, 1.807) is 12.1 Å². The van der Waals surface area contributed by atoms with Crippen LogP contribution in [-0.2, 0) is 16.1 Å². The fourth-order valence-electron chi connectivity index (χ4n) is 2.07. The SMILES string of the molecule is Nc1ccc(Br)c(F)c1CNC(=O)C1CCOCC1. The van der Waals surface area contributed by atoms with Crippen molar-refractivity contribution in [2.24, 2.45) is 5.92 Å². The Kier molecular flexibility index (Phi) is 4.76. The molecule has 0 saturated carbocycles. The smallest absolute Gasteiger partial charge is 0.223 e. The van der Waals surface area contributed by atoms with Crippen molar-refractivity contribution in [1.29, 1.82) is 0 Å². The summed E-state index contributed by atoms with van der Waals surface area (Å²) in [6.45, 7) is 1.31. The first-order chi connectivity index (χ1) is 9.09. The molecule has 0 bridgehead atoms. The van der Waals surface area contributed by atoms with Gasteiger partial charge in [-0.1, -0.05) is 0 Å². The van der Waals surface area contributed by atoms with Crippen molar-refractivity contribution >= 4 is 27.5 Å². The summed E-state index contributed by atoms with van der Waals surface area (Å²) >= 11 is 3.10. The van der Waals surface area contributed by atoms with Crippen molar-refractivity contribution < 1.29 is 13.9 Å². The Morgan fingerprint density at radius 1 is 1.47 bits per heavy atom. The number of anilines is 1. The summed E-state index contributed by atoms with van der Waals surface area (Å²) < 4.78 is 19.4. The highest BCUT2D eigenvalue weighted by Crippen LogP contribution is 2.24. The number of benzene rings is 1. The molecular formula is C13H16BrFN2O2. The Hall–Kier alpha value is -1.14. The molecule has 1 fully saturated rings. The molecule has 1 aliphatic rings. The van der Waals surface area contributed by atoms with Crippen LogP contribution in [0.5, 0.6) is 0 Å². The molecule has 1 aromatic rings. The summed E-state index contributed by atoms with van der Waals surface area (Å²) in [6, 6.07) is 3.16. The number of nitrogens with two attached hydrogens (primary N) is 1. The summed E-state index contributed by atoms with van der Waals surface area (Å²) in [5.41, 5.74) is 6.38. The third-order valence-electron chi connectivity index (χ3n) is 3.26. The van der Waals surface area contributed by atoms with Gasteiger partial charge in [0.1, 0.15) is 5.82 Å². The van der Waals surface area contributed by atoms with Gasteiger partial charge in [-0.25, -0.2) is 4.39 Å². The van der Waals surface area contributed by atoms with E-state index in [-0.39, 0.29) is 18.4 Å². The van der Waals surface area contributed by atoms with Gasteiger partial charge in [0, 0.05) is 36.9 Å². The molecule has 0 spiro atoms. The number of ether oxygens (including phenoxy) is 1. The molecule has 0 radical (unpaired) electrons. The van der Waals surface area contributed by atoms with Gasteiger partial charge in [-0.2, -0.15) is 0 Å². The van der Waals surface area contributed by atoms with E-state index in [1.807, 2.05) is 0 Å².